The molecule has 1 heterocycles. The Hall–Kier alpha value is -1.63. The summed E-state index contributed by atoms with van der Waals surface area (Å²) >= 11 is 7.89. The highest BCUT2D eigenvalue weighted by molar-refractivity contribution is 9.11. The second-order valence-electron chi connectivity index (χ2n) is 4.27. The minimum atomic E-state index is -0.502. The number of rotatable bonds is 3. The number of ether oxygens (including phenoxy) is 1. The lowest BCUT2D eigenvalue weighted by Crippen LogP contribution is -2.14. The van der Waals surface area contributed by atoms with E-state index < -0.39 is 11.5 Å². The predicted molar refractivity (Wildman–Crippen MR) is 93.5 cm³/mol. The minimum Gasteiger partial charge on any atom is -0.424 e. The molecular weight excluding hydrogens is 450 g/mol. The summed E-state index contributed by atoms with van der Waals surface area (Å²) in [7, 11) is 0. The third kappa shape index (κ3) is 3.83. The van der Waals surface area contributed by atoms with Crippen LogP contribution < -0.4 is 10.3 Å². The Morgan fingerprint density at radius 2 is 2.00 bits per heavy atom. The van der Waals surface area contributed by atoms with Crippen LogP contribution in [0.5, 0.6) is 5.75 Å². The van der Waals surface area contributed by atoms with Crippen LogP contribution in [0.1, 0.15) is 12.5 Å². The van der Waals surface area contributed by atoms with Crippen molar-refractivity contribution in [2.45, 2.75) is 12.1 Å². The van der Waals surface area contributed by atoms with Crippen LogP contribution in [-0.4, -0.2) is 22.2 Å². The molecule has 1 N–H and O–H groups in total. The number of esters is 1. The van der Waals surface area contributed by atoms with E-state index in [0.717, 1.165) is 0 Å². The number of nitriles is 1. The first-order chi connectivity index (χ1) is 10.9. The van der Waals surface area contributed by atoms with E-state index in [2.05, 4.69) is 41.8 Å². The van der Waals surface area contributed by atoms with Gasteiger partial charge in [0.15, 0.2) is 10.9 Å². The van der Waals surface area contributed by atoms with Gasteiger partial charge in [0.2, 0.25) is 0 Å². The van der Waals surface area contributed by atoms with E-state index in [1.165, 1.54) is 18.7 Å². The molecule has 1 aromatic heterocycles. The van der Waals surface area contributed by atoms with E-state index in [0.29, 0.717) is 25.4 Å². The molecule has 1 aromatic carbocycles. The fourth-order valence-electron chi connectivity index (χ4n) is 1.80. The maximum Gasteiger partial charge on any atom is 0.308 e. The first-order valence-electron chi connectivity index (χ1n) is 6.13. The Balaban J connectivity index is 2.69. The number of hydrogen-bond acceptors (Lipinski definition) is 6. The molecule has 0 amide bonds. The number of hydrogen-bond donors (Lipinski definition) is 1. The van der Waals surface area contributed by atoms with Gasteiger partial charge in [-0.2, -0.15) is 5.26 Å². The molecular formula is C14H9Br2N3O3S. The molecule has 0 atom stereocenters. The summed E-state index contributed by atoms with van der Waals surface area (Å²) in [6.07, 6.45) is 1.77. The number of thioether (sulfide) groups is 1. The number of carbonyl (C=O) groups excluding carboxylic acids is 1. The second-order valence-corrected chi connectivity index (χ2v) is 6.78. The molecule has 0 aliphatic carbocycles. The average Bonchev–Trinajstić information content (AvgIpc) is 2.49. The number of nitrogens with zero attached hydrogens (tertiary/aromatic N) is 2. The SMILES string of the molecule is CSc1nc(-c2cc(Br)c(OC(C)=O)c(Br)c2)c(C#N)c(=O)[nH]1. The maximum atomic E-state index is 12.0. The van der Waals surface area contributed by atoms with E-state index in [9.17, 15) is 14.9 Å². The summed E-state index contributed by atoms with van der Waals surface area (Å²) in [6, 6.07) is 5.14. The molecule has 0 fully saturated rings. The highest BCUT2D eigenvalue weighted by Crippen LogP contribution is 2.38. The maximum absolute atomic E-state index is 12.0. The van der Waals surface area contributed by atoms with E-state index >= 15 is 0 Å². The molecule has 6 nitrogen and oxygen atoms in total. The molecule has 0 aliphatic heterocycles. The van der Waals surface area contributed by atoms with Gasteiger partial charge in [0.25, 0.3) is 5.56 Å². The second kappa shape index (κ2) is 7.29. The van der Waals surface area contributed by atoms with Crippen molar-refractivity contribution in [1.29, 1.82) is 5.26 Å². The van der Waals surface area contributed by atoms with Crippen molar-refractivity contribution < 1.29 is 9.53 Å². The molecule has 0 spiro atoms. The van der Waals surface area contributed by atoms with Crippen molar-refractivity contribution in [1.82, 2.24) is 9.97 Å². The summed E-state index contributed by atoms with van der Waals surface area (Å²) in [6.45, 7) is 1.30. The molecule has 118 valence electrons. The van der Waals surface area contributed by atoms with Gasteiger partial charge in [-0.05, 0) is 50.2 Å². The fourth-order valence-corrected chi connectivity index (χ4v) is 3.53. The average molecular weight is 459 g/mol. The van der Waals surface area contributed by atoms with Gasteiger partial charge in [-0.15, -0.1) is 0 Å². The van der Waals surface area contributed by atoms with Gasteiger partial charge in [0, 0.05) is 12.5 Å². The van der Waals surface area contributed by atoms with Crippen LogP contribution in [0.2, 0.25) is 0 Å². The lowest BCUT2D eigenvalue weighted by atomic mass is 10.1. The standard InChI is InChI=1S/C14H9Br2N3O3S/c1-6(20)22-12-9(15)3-7(4-10(12)16)11-8(5-17)13(21)19-14(18-11)23-2/h3-4H,1-2H3,(H,18,19,21). The van der Waals surface area contributed by atoms with E-state index in [1.54, 1.807) is 18.4 Å². The number of aromatic nitrogens is 2. The molecule has 0 saturated heterocycles. The lowest BCUT2D eigenvalue weighted by molar-refractivity contribution is -0.131. The van der Waals surface area contributed by atoms with Gasteiger partial charge in [-0.1, -0.05) is 11.8 Å². The summed E-state index contributed by atoms with van der Waals surface area (Å²) < 4.78 is 6.09. The molecule has 0 unspecified atom stereocenters. The van der Waals surface area contributed by atoms with Crippen LogP contribution in [0.15, 0.2) is 31.0 Å². The van der Waals surface area contributed by atoms with Gasteiger partial charge in [0.1, 0.15) is 11.6 Å². The molecule has 0 radical (unpaired) electrons. The van der Waals surface area contributed by atoms with Crippen LogP contribution in [0, 0.1) is 11.3 Å². The Kier molecular flexibility index (Phi) is 5.62. The first-order valence-corrected chi connectivity index (χ1v) is 8.94. The van der Waals surface area contributed by atoms with E-state index in [4.69, 9.17) is 4.74 Å². The molecule has 2 aromatic rings. The van der Waals surface area contributed by atoms with Crippen LogP contribution >= 0.6 is 43.6 Å². The van der Waals surface area contributed by atoms with Crippen molar-refractivity contribution in [3.8, 4) is 23.1 Å². The van der Waals surface area contributed by atoms with Crippen LogP contribution in [0.4, 0.5) is 0 Å². The first kappa shape index (κ1) is 17.7. The normalized spacial score (nSPS) is 10.2. The van der Waals surface area contributed by atoms with Crippen molar-refractivity contribution in [3.05, 3.63) is 37.0 Å². The number of benzene rings is 1. The van der Waals surface area contributed by atoms with Crippen molar-refractivity contribution in [2.75, 3.05) is 6.26 Å². The van der Waals surface area contributed by atoms with Crippen molar-refractivity contribution in [3.63, 3.8) is 0 Å². The quantitative estimate of drug-likeness (QED) is 0.327. The summed E-state index contributed by atoms with van der Waals surface area (Å²) in [5.41, 5.74) is 0.217. The highest BCUT2D eigenvalue weighted by Gasteiger charge is 2.17. The summed E-state index contributed by atoms with van der Waals surface area (Å²) in [4.78, 5) is 30.0. The number of aromatic amines is 1. The zero-order chi connectivity index (χ0) is 17.1. The molecule has 23 heavy (non-hydrogen) atoms. The topological polar surface area (TPSA) is 95.8 Å². The Morgan fingerprint density at radius 3 is 2.48 bits per heavy atom. The lowest BCUT2D eigenvalue weighted by Gasteiger charge is -2.10. The summed E-state index contributed by atoms with van der Waals surface area (Å²) in [5, 5.41) is 9.63. The molecule has 9 heteroatoms. The number of carbonyl (C=O) groups is 1. The monoisotopic (exact) mass is 457 g/mol. The van der Waals surface area contributed by atoms with E-state index in [1.807, 2.05) is 6.07 Å². The minimum absolute atomic E-state index is 0.0816. The third-order valence-electron chi connectivity index (χ3n) is 2.72. The van der Waals surface area contributed by atoms with Gasteiger partial charge < -0.3 is 9.72 Å². The predicted octanol–water partition coefficient (Wildman–Crippen LogP) is 3.48. The largest absolute Gasteiger partial charge is 0.424 e. The van der Waals surface area contributed by atoms with Gasteiger partial charge in [-0.25, -0.2) is 4.98 Å². The van der Waals surface area contributed by atoms with E-state index in [-0.39, 0.29) is 11.3 Å². The smallest absolute Gasteiger partial charge is 0.308 e. The Morgan fingerprint density at radius 1 is 1.39 bits per heavy atom. The number of halogens is 2. The van der Waals surface area contributed by atoms with Gasteiger partial charge in [-0.3, -0.25) is 9.59 Å². The molecule has 0 aliphatic rings. The van der Waals surface area contributed by atoms with Crippen LogP contribution in [-0.2, 0) is 4.79 Å². The van der Waals surface area contributed by atoms with Gasteiger partial charge in [0.05, 0.1) is 14.6 Å². The number of H-pyrrole nitrogens is 1. The fraction of sp³-hybridized carbons (Fsp3) is 0.143. The van der Waals surface area contributed by atoms with Crippen LogP contribution in [0.25, 0.3) is 11.3 Å². The van der Waals surface area contributed by atoms with Gasteiger partial charge >= 0.3 is 5.97 Å². The zero-order valence-corrected chi connectivity index (χ0v) is 15.9. The summed E-state index contributed by atoms with van der Waals surface area (Å²) in [5.74, 6) is -0.148. The highest BCUT2D eigenvalue weighted by atomic mass is 79.9. The molecule has 0 bridgehead atoms. The Bertz CT molecular complexity index is 867. The molecule has 0 saturated carbocycles. The Labute approximate surface area is 152 Å². The number of nitrogens with one attached hydrogen (secondary N) is 1. The van der Waals surface area contributed by atoms with Crippen molar-refractivity contribution in [2.24, 2.45) is 0 Å². The molecule has 2 rings (SSSR count). The zero-order valence-electron chi connectivity index (χ0n) is 11.9. The van der Waals surface area contributed by atoms with Crippen LogP contribution in [0.3, 0.4) is 0 Å². The third-order valence-corrected chi connectivity index (χ3v) is 4.48. The van der Waals surface area contributed by atoms with Crippen molar-refractivity contribution >= 4 is 49.6 Å².